The van der Waals surface area contributed by atoms with Gasteiger partial charge in [-0.2, -0.15) is 4.98 Å². The smallest absolute Gasteiger partial charge is 0.237 e. The van der Waals surface area contributed by atoms with Crippen molar-refractivity contribution in [3.63, 3.8) is 0 Å². The minimum atomic E-state index is 0.276. The zero-order chi connectivity index (χ0) is 33.5. The number of benzene rings is 6. The van der Waals surface area contributed by atoms with E-state index in [-0.39, 0.29) is 5.92 Å². The van der Waals surface area contributed by atoms with Gasteiger partial charge in [0.2, 0.25) is 5.95 Å². The summed E-state index contributed by atoms with van der Waals surface area (Å²) in [7, 11) is 0. The van der Waals surface area contributed by atoms with Crippen LogP contribution in [0.5, 0.6) is 0 Å². The van der Waals surface area contributed by atoms with Crippen molar-refractivity contribution in [2.75, 3.05) is 0 Å². The number of hydrogen-bond acceptors (Lipinski definition) is 3. The van der Waals surface area contributed by atoms with Crippen LogP contribution in [0.4, 0.5) is 0 Å². The van der Waals surface area contributed by atoms with Crippen LogP contribution in [0, 0.1) is 6.92 Å². The Hall–Kier alpha value is -6.13. The summed E-state index contributed by atoms with van der Waals surface area (Å²) in [6.07, 6.45) is 1.81. The van der Waals surface area contributed by atoms with Crippen LogP contribution in [0.1, 0.15) is 42.4 Å². The summed E-state index contributed by atoms with van der Waals surface area (Å²) < 4.78 is 2.27. The molecule has 9 aromatic rings. The molecule has 3 heterocycles. The third-order valence-electron chi connectivity index (χ3n) is 11.1. The van der Waals surface area contributed by atoms with Crippen molar-refractivity contribution in [1.29, 1.82) is 0 Å². The van der Waals surface area contributed by atoms with Crippen molar-refractivity contribution < 1.29 is 0 Å². The maximum atomic E-state index is 5.37. The van der Waals surface area contributed by atoms with E-state index in [0.29, 0.717) is 17.5 Å². The van der Waals surface area contributed by atoms with Crippen molar-refractivity contribution in [3.05, 3.63) is 156 Å². The van der Waals surface area contributed by atoms with Gasteiger partial charge in [-0.05, 0) is 92.7 Å². The molecule has 50 heavy (non-hydrogen) atoms. The largest absolute Gasteiger partial charge is 0.278 e. The Kier molecular flexibility index (Phi) is 6.31. The van der Waals surface area contributed by atoms with Crippen molar-refractivity contribution in [2.45, 2.75) is 32.6 Å². The van der Waals surface area contributed by atoms with Crippen LogP contribution in [-0.2, 0) is 0 Å². The Labute approximate surface area is 290 Å². The Morgan fingerprint density at radius 3 is 2.20 bits per heavy atom. The van der Waals surface area contributed by atoms with Gasteiger partial charge in [-0.25, -0.2) is 9.97 Å². The molecule has 1 aliphatic carbocycles. The third-order valence-corrected chi connectivity index (χ3v) is 11.1. The summed E-state index contributed by atoms with van der Waals surface area (Å²) in [4.78, 5) is 15.3. The van der Waals surface area contributed by atoms with Gasteiger partial charge in [0.05, 0.1) is 16.7 Å². The lowest BCUT2D eigenvalue weighted by molar-refractivity contribution is 0.630. The van der Waals surface area contributed by atoms with Crippen LogP contribution in [-0.4, -0.2) is 19.5 Å². The number of para-hydroxylation sites is 1. The van der Waals surface area contributed by atoms with Crippen LogP contribution in [0.2, 0.25) is 0 Å². The van der Waals surface area contributed by atoms with E-state index in [2.05, 4.69) is 147 Å². The molecule has 4 heteroatoms. The monoisotopic (exact) mass is 642 g/mol. The number of hydrogen-bond donors (Lipinski definition) is 0. The summed E-state index contributed by atoms with van der Waals surface area (Å²) in [5, 5.41) is 5.94. The second-order valence-electron chi connectivity index (χ2n) is 13.7. The SMILES string of the molecule is Cc1c2cc3c(c1-c1ccc4ccccc4c1C(C)C(C)c1ccccc1-2)c1ccccc1n3-c1nc(-c2ccccc2)c2cccnc2n1. The molecule has 0 saturated heterocycles. The fourth-order valence-electron chi connectivity index (χ4n) is 8.59. The molecule has 0 fully saturated rings. The lowest BCUT2D eigenvalue weighted by Crippen LogP contribution is -2.07. The van der Waals surface area contributed by atoms with E-state index in [1.165, 1.54) is 60.5 Å². The topological polar surface area (TPSA) is 43.6 Å². The lowest BCUT2D eigenvalue weighted by Gasteiger charge is -2.26. The normalized spacial score (nSPS) is 15.5. The molecule has 10 rings (SSSR count). The Balaban J connectivity index is 1.41. The Morgan fingerprint density at radius 2 is 1.32 bits per heavy atom. The maximum absolute atomic E-state index is 5.37. The van der Waals surface area contributed by atoms with Crippen LogP contribution >= 0.6 is 0 Å². The maximum Gasteiger partial charge on any atom is 0.237 e. The molecule has 2 bridgehead atoms. The van der Waals surface area contributed by atoms with Crippen LogP contribution in [0.15, 0.2) is 140 Å². The van der Waals surface area contributed by atoms with E-state index in [1.807, 2.05) is 18.3 Å². The molecule has 0 amide bonds. The van der Waals surface area contributed by atoms with Gasteiger partial charge in [0.1, 0.15) is 0 Å². The van der Waals surface area contributed by atoms with Gasteiger partial charge in [-0.15, -0.1) is 0 Å². The number of aromatic nitrogens is 4. The van der Waals surface area contributed by atoms with Crippen molar-refractivity contribution in [2.24, 2.45) is 0 Å². The van der Waals surface area contributed by atoms with Crippen LogP contribution in [0.25, 0.3) is 83.1 Å². The van der Waals surface area contributed by atoms with E-state index in [4.69, 9.17) is 15.0 Å². The molecule has 2 unspecified atom stereocenters. The van der Waals surface area contributed by atoms with E-state index < -0.39 is 0 Å². The molecule has 0 radical (unpaired) electrons. The molecule has 4 nitrogen and oxygen atoms in total. The predicted molar refractivity (Wildman–Crippen MR) is 207 cm³/mol. The van der Waals surface area contributed by atoms with Gasteiger partial charge in [-0.1, -0.05) is 123 Å². The second-order valence-corrected chi connectivity index (χ2v) is 13.7. The minimum absolute atomic E-state index is 0.276. The number of fused-ring (bicyclic) bond motifs is 13. The van der Waals surface area contributed by atoms with Crippen molar-refractivity contribution >= 4 is 43.6 Å². The zero-order valence-corrected chi connectivity index (χ0v) is 28.2. The van der Waals surface area contributed by atoms with Gasteiger partial charge in [0, 0.05) is 27.9 Å². The summed E-state index contributed by atoms with van der Waals surface area (Å²) >= 11 is 0. The van der Waals surface area contributed by atoms with Gasteiger partial charge in [0.15, 0.2) is 5.65 Å². The highest BCUT2D eigenvalue weighted by molar-refractivity contribution is 6.19. The van der Waals surface area contributed by atoms with Crippen LogP contribution in [0.3, 0.4) is 0 Å². The number of nitrogens with zero attached hydrogens (tertiary/aromatic N) is 4. The molecular weight excluding hydrogens is 609 g/mol. The molecule has 238 valence electrons. The Bertz CT molecular complexity index is 2810. The summed E-state index contributed by atoms with van der Waals surface area (Å²) in [6.45, 7) is 7.13. The quantitative estimate of drug-likeness (QED) is 0.188. The summed E-state index contributed by atoms with van der Waals surface area (Å²) in [6, 6.07) is 48.1. The van der Waals surface area contributed by atoms with Gasteiger partial charge in [-0.3, -0.25) is 4.57 Å². The molecule has 0 N–H and O–H groups in total. The fourth-order valence-corrected chi connectivity index (χ4v) is 8.59. The minimum Gasteiger partial charge on any atom is -0.278 e. The Morgan fingerprint density at radius 1 is 0.580 bits per heavy atom. The fraction of sp³-hybridized carbons (Fsp3) is 0.109. The number of pyridine rings is 1. The molecule has 0 saturated carbocycles. The van der Waals surface area contributed by atoms with Crippen molar-refractivity contribution in [1.82, 2.24) is 19.5 Å². The molecule has 1 aliphatic rings. The highest BCUT2D eigenvalue weighted by Gasteiger charge is 2.30. The first kappa shape index (κ1) is 28.8. The van der Waals surface area contributed by atoms with E-state index in [0.717, 1.165) is 27.7 Å². The molecule has 3 aromatic heterocycles. The first-order valence-corrected chi connectivity index (χ1v) is 17.4. The molecular formula is C46H34N4. The molecule has 0 spiro atoms. The highest BCUT2D eigenvalue weighted by Crippen LogP contribution is 2.51. The zero-order valence-electron chi connectivity index (χ0n) is 28.2. The lowest BCUT2D eigenvalue weighted by atomic mass is 9.78. The summed E-state index contributed by atoms with van der Waals surface area (Å²) in [5.74, 6) is 1.19. The first-order chi connectivity index (χ1) is 24.6. The third kappa shape index (κ3) is 4.08. The van der Waals surface area contributed by atoms with E-state index in [9.17, 15) is 0 Å². The average Bonchev–Trinajstić information content (AvgIpc) is 3.50. The van der Waals surface area contributed by atoms with Gasteiger partial charge >= 0.3 is 0 Å². The second kappa shape index (κ2) is 10.9. The standard InChI is InChI=1S/C46H34N4/c1-27-28(2)41-33-18-8-7-14-30(33)23-24-36(41)42-29(3)38(34-19-10-9-17-32(27)34)26-40-43(42)35-20-11-12-22-39(35)50(40)46-48-44(31-15-5-4-6-16-31)37-21-13-25-47-45(37)49-46/h4-28H,1-3H3. The molecule has 0 aliphatic heterocycles. The average molecular weight is 643 g/mol. The van der Waals surface area contributed by atoms with E-state index in [1.54, 1.807) is 0 Å². The van der Waals surface area contributed by atoms with Crippen molar-refractivity contribution in [3.8, 4) is 39.5 Å². The summed E-state index contributed by atoms with van der Waals surface area (Å²) in [5.41, 5.74) is 13.9. The highest BCUT2D eigenvalue weighted by atomic mass is 15.2. The number of rotatable bonds is 2. The van der Waals surface area contributed by atoms with Gasteiger partial charge in [0.25, 0.3) is 0 Å². The predicted octanol–water partition coefficient (Wildman–Crippen LogP) is 11.8. The molecule has 2 atom stereocenters. The van der Waals surface area contributed by atoms with Crippen LogP contribution < -0.4 is 0 Å². The molecule has 6 aromatic carbocycles. The van der Waals surface area contributed by atoms with Gasteiger partial charge < -0.3 is 0 Å². The first-order valence-electron chi connectivity index (χ1n) is 17.4. The van der Waals surface area contributed by atoms with E-state index >= 15 is 0 Å².